The monoisotopic (exact) mass is 357 g/mol. The molecular formula is C19H23N3O4. The molecule has 1 N–H and O–H groups in total. The van der Waals surface area contributed by atoms with E-state index in [9.17, 15) is 14.4 Å². The molecule has 2 rings (SSSR count). The summed E-state index contributed by atoms with van der Waals surface area (Å²) in [6, 6.07) is 6.49. The van der Waals surface area contributed by atoms with Gasteiger partial charge >= 0.3 is 5.97 Å². The Balaban J connectivity index is 1.90. The first-order valence-electron chi connectivity index (χ1n) is 8.36. The van der Waals surface area contributed by atoms with Gasteiger partial charge in [-0.3, -0.25) is 14.3 Å². The smallest absolute Gasteiger partial charge is 0.342 e. The van der Waals surface area contributed by atoms with Gasteiger partial charge < -0.3 is 10.1 Å². The topological polar surface area (TPSA) is 90.3 Å². The van der Waals surface area contributed by atoms with Crippen molar-refractivity contribution in [3.05, 3.63) is 47.3 Å². The first-order chi connectivity index (χ1) is 12.3. The van der Waals surface area contributed by atoms with Crippen molar-refractivity contribution in [2.24, 2.45) is 13.0 Å². The van der Waals surface area contributed by atoms with E-state index in [2.05, 4.69) is 10.4 Å². The van der Waals surface area contributed by atoms with Crippen LogP contribution >= 0.6 is 0 Å². The molecule has 0 atom stereocenters. The van der Waals surface area contributed by atoms with Crippen LogP contribution in [-0.2, 0) is 16.6 Å². The van der Waals surface area contributed by atoms with Crippen LogP contribution in [0, 0.1) is 12.8 Å². The van der Waals surface area contributed by atoms with Gasteiger partial charge in [-0.25, -0.2) is 4.79 Å². The molecule has 7 nitrogen and oxygen atoms in total. The number of nitrogens with one attached hydrogen (secondary N) is 1. The summed E-state index contributed by atoms with van der Waals surface area (Å²) in [6.07, 6.45) is 1.85. The van der Waals surface area contributed by atoms with Crippen LogP contribution in [0.4, 0.5) is 5.69 Å². The molecule has 0 saturated heterocycles. The number of Topliss-reactive ketones (excluding diaryl/α,β-unsaturated/α-hetero) is 1. The molecule has 0 spiro atoms. The van der Waals surface area contributed by atoms with Crippen LogP contribution in [-0.4, -0.2) is 34.0 Å². The number of carbonyl (C=O) groups excluding carboxylic acids is 3. The highest BCUT2D eigenvalue weighted by Gasteiger charge is 2.16. The van der Waals surface area contributed by atoms with Gasteiger partial charge in [-0.1, -0.05) is 13.8 Å². The third-order valence-corrected chi connectivity index (χ3v) is 3.87. The lowest BCUT2D eigenvalue weighted by atomic mass is 10.1. The molecule has 1 aromatic carbocycles. The molecule has 0 saturated carbocycles. The van der Waals surface area contributed by atoms with Gasteiger partial charge in [-0.05, 0) is 37.1 Å². The van der Waals surface area contributed by atoms with E-state index in [1.807, 2.05) is 13.8 Å². The SMILES string of the molecule is Cc1c(C(=O)OCC(=O)c2ccc(NC(=O)CC(C)C)cc2)cnn1C. The first-order valence-corrected chi connectivity index (χ1v) is 8.36. The quantitative estimate of drug-likeness (QED) is 0.608. The lowest BCUT2D eigenvalue weighted by molar-refractivity contribution is -0.116. The van der Waals surface area contributed by atoms with Gasteiger partial charge in [0.1, 0.15) is 5.56 Å². The summed E-state index contributed by atoms with van der Waals surface area (Å²) < 4.78 is 6.63. The van der Waals surface area contributed by atoms with E-state index in [1.54, 1.807) is 42.9 Å². The molecule has 0 aliphatic heterocycles. The Morgan fingerprint density at radius 1 is 1.19 bits per heavy atom. The standard InChI is InChI=1S/C19H23N3O4/c1-12(2)9-18(24)21-15-7-5-14(6-8-15)17(23)11-26-19(25)16-10-20-22(4)13(16)3/h5-8,10,12H,9,11H2,1-4H3,(H,21,24). The van der Waals surface area contributed by atoms with Crippen molar-refractivity contribution in [2.75, 3.05) is 11.9 Å². The second kappa shape index (κ2) is 8.42. The summed E-state index contributed by atoms with van der Waals surface area (Å²) in [4.78, 5) is 35.9. The van der Waals surface area contributed by atoms with Gasteiger partial charge in [-0.2, -0.15) is 5.10 Å². The van der Waals surface area contributed by atoms with E-state index in [-0.39, 0.29) is 24.2 Å². The zero-order chi connectivity index (χ0) is 19.3. The highest BCUT2D eigenvalue weighted by molar-refractivity contribution is 6.00. The van der Waals surface area contributed by atoms with Gasteiger partial charge in [0.2, 0.25) is 5.91 Å². The van der Waals surface area contributed by atoms with E-state index in [1.165, 1.54) is 6.20 Å². The highest BCUT2D eigenvalue weighted by atomic mass is 16.5. The van der Waals surface area contributed by atoms with Crippen LogP contribution in [0.15, 0.2) is 30.5 Å². The van der Waals surface area contributed by atoms with Gasteiger partial charge in [0.05, 0.1) is 6.20 Å². The maximum Gasteiger partial charge on any atom is 0.342 e. The van der Waals surface area contributed by atoms with Crippen molar-refractivity contribution in [1.29, 1.82) is 0 Å². The zero-order valence-electron chi connectivity index (χ0n) is 15.4. The van der Waals surface area contributed by atoms with Crippen LogP contribution in [0.3, 0.4) is 0 Å². The third kappa shape index (κ3) is 5.02. The number of rotatable bonds is 7. The maximum atomic E-state index is 12.2. The normalized spacial score (nSPS) is 10.7. The van der Waals surface area contributed by atoms with Gasteiger partial charge in [-0.15, -0.1) is 0 Å². The third-order valence-electron chi connectivity index (χ3n) is 3.87. The molecule has 0 aliphatic rings. The minimum absolute atomic E-state index is 0.0696. The number of carbonyl (C=O) groups is 3. The molecule has 1 amide bonds. The molecular weight excluding hydrogens is 334 g/mol. The van der Waals surface area contributed by atoms with Crippen molar-refractivity contribution < 1.29 is 19.1 Å². The summed E-state index contributed by atoms with van der Waals surface area (Å²) in [5.74, 6) is -0.699. The molecule has 26 heavy (non-hydrogen) atoms. The predicted molar refractivity (Wildman–Crippen MR) is 97.1 cm³/mol. The molecule has 0 radical (unpaired) electrons. The number of aryl methyl sites for hydroxylation is 1. The Bertz CT molecular complexity index is 807. The van der Waals surface area contributed by atoms with Crippen LogP contribution in [0.25, 0.3) is 0 Å². The molecule has 0 unspecified atom stereocenters. The maximum absolute atomic E-state index is 12.2. The molecule has 2 aromatic rings. The first kappa shape index (κ1) is 19.4. The number of esters is 1. The van der Waals surface area contributed by atoms with E-state index in [4.69, 9.17) is 4.74 Å². The fraction of sp³-hybridized carbons (Fsp3) is 0.368. The van der Waals surface area contributed by atoms with E-state index < -0.39 is 5.97 Å². The highest BCUT2D eigenvalue weighted by Crippen LogP contribution is 2.13. The van der Waals surface area contributed by atoms with Crippen molar-refractivity contribution >= 4 is 23.3 Å². The number of hydrogen-bond donors (Lipinski definition) is 1. The summed E-state index contributed by atoms with van der Waals surface area (Å²) in [5.41, 5.74) is 2.03. The van der Waals surface area contributed by atoms with Gasteiger partial charge in [0, 0.05) is 30.4 Å². The largest absolute Gasteiger partial charge is 0.454 e. The van der Waals surface area contributed by atoms with Crippen molar-refractivity contribution in [3.63, 3.8) is 0 Å². The summed E-state index contributed by atoms with van der Waals surface area (Å²) in [6.45, 7) is 5.33. The van der Waals surface area contributed by atoms with Gasteiger partial charge in [0.15, 0.2) is 12.4 Å². The number of nitrogens with zero attached hydrogens (tertiary/aromatic N) is 2. The Labute approximate surface area is 152 Å². The number of ether oxygens (including phenoxy) is 1. The average molecular weight is 357 g/mol. The second-order valence-electron chi connectivity index (χ2n) is 6.49. The Morgan fingerprint density at radius 2 is 1.85 bits per heavy atom. The molecule has 0 bridgehead atoms. The fourth-order valence-electron chi connectivity index (χ4n) is 2.31. The summed E-state index contributed by atoms with van der Waals surface area (Å²) in [5, 5.41) is 6.74. The van der Waals surface area contributed by atoms with E-state index in [0.29, 0.717) is 28.9 Å². The zero-order valence-corrected chi connectivity index (χ0v) is 15.4. The minimum Gasteiger partial charge on any atom is -0.454 e. The number of ketones is 1. The van der Waals surface area contributed by atoms with E-state index in [0.717, 1.165) is 0 Å². The van der Waals surface area contributed by atoms with Crippen LogP contribution in [0.5, 0.6) is 0 Å². The molecule has 0 fully saturated rings. The number of benzene rings is 1. The molecule has 1 aromatic heterocycles. The summed E-state index contributed by atoms with van der Waals surface area (Å²) in [7, 11) is 1.72. The lowest BCUT2D eigenvalue weighted by Crippen LogP contribution is -2.15. The predicted octanol–water partition coefficient (Wildman–Crippen LogP) is 2.75. The number of amides is 1. The second-order valence-corrected chi connectivity index (χ2v) is 6.49. The fourth-order valence-corrected chi connectivity index (χ4v) is 2.31. The number of anilines is 1. The average Bonchev–Trinajstić information content (AvgIpc) is 2.91. The molecule has 7 heteroatoms. The Morgan fingerprint density at radius 3 is 2.38 bits per heavy atom. The van der Waals surface area contributed by atoms with Crippen LogP contribution < -0.4 is 5.32 Å². The summed E-state index contributed by atoms with van der Waals surface area (Å²) >= 11 is 0. The van der Waals surface area contributed by atoms with Crippen molar-refractivity contribution in [3.8, 4) is 0 Å². The minimum atomic E-state index is -0.582. The van der Waals surface area contributed by atoms with Gasteiger partial charge in [0.25, 0.3) is 0 Å². The Hall–Kier alpha value is -2.96. The van der Waals surface area contributed by atoms with E-state index >= 15 is 0 Å². The van der Waals surface area contributed by atoms with Crippen molar-refractivity contribution in [1.82, 2.24) is 9.78 Å². The number of aromatic nitrogens is 2. The molecule has 1 heterocycles. The van der Waals surface area contributed by atoms with Crippen LogP contribution in [0.1, 0.15) is 46.7 Å². The molecule has 138 valence electrons. The number of hydrogen-bond acceptors (Lipinski definition) is 5. The van der Waals surface area contributed by atoms with Crippen molar-refractivity contribution in [2.45, 2.75) is 27.2 Å². The molecule has 0 aliphatic carbocycles. The van der Waals surface area contributed by atoms with Crippen LogP contribution in [0.2, 0.25) is 0 Å². The Kier molecular flexibility index (Phi) is 6.27. The lowest BCUT2D eigenvalue weighted by Gasteiger charge is -2.08.